The SMILES string of the molecule is COc1ccccc1N1CCN(C(=O)c2cnc(OC3CCOC3)c(Cl)c2)CC1. The summed E-state index contributed by atoms with van der Waals surface area (Å²) in [6.07, 6.45) is 2.31. The number of nitrogens with zero attached hydrogens (tertiary/aromatic N) is 3. The van der Waals surface area contributed by atoms with Gasteiger partial charge in [-0.05, 0) is 18.2 Å². The molecule has 8 heteroatoms. The molecule has 0 bridgehead atoms. The monoisotopic (exact) mass is 417 g/mol. The van der Waals surface area contributed by atoms with Crippen LogP contribution >= 0.6 is 11.6 Å². The van der Waals surface area contributed by atoms with Crippen LogP contribution in [-0.4, -0.2) is 68.4 Å². The van der Waals surface area contributed by atoms with Gasteiger partial charge in [-0.1, -0.05) is 23.7 Å². The fourth-order valence-electron chi connectivity index (χ4n) is 3.62. The van der Waals surface area contributed by atoms with Crippen molar-refractivity contribution in [2.24, 2.45) is 0 Å². The molecule has 4 rings (SSSR count). The number of para-hydroxylation sites is 2. The normalized spacial score (nSPS) is 19.3. The summed E-state index contributed by atoms with van der Waals surface area (Å²) in [5.74, 6) is 1.11. The molecule has 7 nitrogen and oxygen atoms in total. The van der Waals surface area contributed by atoms with Crippen LogP contribution < -0.4 is 14.4 Å². The third kappa shape index (κ3) is 4.41. The summed E-state index contributed by atoms with van der Waals surface area (Å²) >= 11 is 6.31. The molecule has 2 saturated heterocycles. The maximum absolute atomic E-state index is 12.9. The van der Waals surface area contributed by atoms with Gasteiger partial charge in [0.2, 0.25) is 5.88 Å². The predicted molar refractivity (Wildman–Crippen MR) is 110 cm³/mol. The summed E-state index contributed by atoms with van der Waals surface area (Å²) in [5.41, 5.74) is 1.51. The molecule has 2 aromatic rings. The molecule has 2 aliphatic heterocycles. The van der Waals surface area contributed by atoms with Crippen LogP contribution in [0, 0.1) is 0 Å². The maximum atomic E-state index is 12.9. The van der Waals surface area contributed by atoms with Crippen molar-refractivity contribution in [3.05, 3.63) is 47.1 Å². The number of methoxy groups -OCH3 is 1. The second-order valence-corrected chi connectivity index (χ2v) is 7.47. The molecule has 1 unspecified atom stereocenters. The van der Waals surface area contributed by atoms with Crippen molar-refractivity contribution in [2.75, 3.05) is 51.4 Å². The predicted octanol–water partition coefficient (Wildman–Crippen LogP) is 2.87. The minimum Gasteiger partial charge on any atom is -0.495 e. The standard InChI is InChI=1S/C21H24ClN3O4/c1-27-19-5-3-2-4-18(19)24-7-9-25(10-8-24)21(26)15-12-17(22)20(23-13-15)29-16-6-11-28-14-16/h2-5,12-13,16H,6-11,14H2,1H3. The van der Waals surface area contributed by atoms with E-state index >= 15 is 0 Å². The van der Waals surface area contributed by atoms with Gasteiger partial charge in [-0.15, -0.1) is 0 Å². The van der Waals surface area contributed by atoms with E-state index in [1.54, 1.807) is 13.2 Å². The Labute approximate surface area is 175 Å². The molecular formula is C21H24ClN3O4. The molecule has 29 heavy (non-hydrogen) atoms. The van der Waals surface area contributed by atoms with Crippen LogP contribution in [-0.2, 0) is 4.74 Å². The molecular weight excluding hydrogens is 394 g/mol. The van der Waals surface area contributed by atoms with E-state index in [1.807, 2.05) is 29.2 Å². The Bertz CT molecular complexity index is 865. The van der Waals surface area contributed by atoms with Gasteiger partial charge in [0.25, 0.3) is 5.91 Å². The average Bonchev–Trinajstić information content (AvgIpc) is 3.28. The molecule has 1 amide bonds. The number of piperazine rings is 1. The van der Waals surface area contributed by atoms with E-state index in [-0.39, 0.29) is 12.0 Å². The molecule has 0 radical (unpaired) electrons. The third-order valence-electron chi connectivity index (χ3n) is 5.21. The first kappa shape index (κ1) is 19.8. The molecule has 1 aromatic heterocycles. The Morgan fingerprint density at radius 2 is 2.03 bits per heavy atom. The van der Waals surface area contributed by atoms with E-state index in [1.165, 1.54) is 6.20 Å². The summed E-state index contributed by atoms with van der Waals surface area (Å²) in [6, 6.07) is 9.56. The zero-order valence-electron chi connectivity index (χ0n) is 16.3. The van der Waals surface area contributed by atoms with E-state index in [0.717, 1.165) is 30.9 Å². The van der Waals surface area contributed by atoms with Gasteiger partial charge in [0, 0.05) is 38.8 Å². The average molecular weight is 418 g/mol. The molecule has 0 saturated carbocycles. The van der Waals surface area contributed by atoms with Crippen molar-refractivity contribution in [3.63, 3.8) is 0 Å². The summed E-state index contributed by atoms with van der Waals surface area (Å²) in [6.45, 7) is 3.92. The molecule has 2 fully saturated rings. The smallest absolute Gasteiger partial charge is 0.255 e. The van der Waals surface area contributed by atoms with Crippen LogP contribution in [0.25, 0.3) is 0 Å². The van der Waals surface area contributed by atoms with E-state index in [2.05, 4.69) is 9.88 Å². The topological polar surface area (TPSA) is 64.1 Å². The number of amides is 1. The number of pyridine rings is 1. The van der Waals surface area contributed by atoms with Gasteiger partial charge < -0.3 is 24.0 Å². The second-order valence-electron chi connectivity index (χ2n) is 7.07. The van der Waals surface area contributed by atoms with Crippen molar-refractivity contribution in [1.29, 1.82) is 0 Å². The number of hydrogen-bond donors (Lipinski definition) is 0. The zero-order chi connectivity index (χ0) is 20.2. The Kier molecular flexibility index (Phi) is 6.06. The van der Waals surface area contributed by atoms with Crippen molar-refractivity contribution in [3.8, 4) is 11.6 Å². The Morgan fingerprint density at radius 3 is 2.72 bits per heavy atom. The zero-order valence-corrected chi connectivity index (χ0v) is 17.1. The van der Waals surface area contributed by atoms with Gasteiger partial charge >= 0.3 is 0 Å². The number of hydrogen-bond acceptors (Lipinski definition) is 6. The maximum Gasteiger partial charge on any atom is 0.255 e. The number of benzene rings is 1. The highest BCUT2D eigenvalue weighted by Crippen LogP contribution is 2.29. The highest BCUT2D eigenvalue weighted by atomic mass is 35.5. The lowest BCUT2D eigenvalue weighted by molar-refractivity contribution is 0.0746. The number of halogens is 1. The molecule has 0 N–H and O–H groups in total. The molecule has 0 aliphatic carbocycles. The molecule has 2 aliphatic rings. The van der Waals surface area contributed by atoms with Crippen LogP contribution in [0.1, 0.15) is 16.8 Å². The molecule has 154 valence electrons. The van der Waals surface area contributed by atoms with Gasteiger partial charge in [-0.3, -0.25) is 4.79 Å². The molecule has 1 atom stereocenters. The number of carbonyl (C=O) groups is 1. The summed E-state index contributed by atoms with van der Waals surface area (Å²) in [7, 11) is 1.67. The van der Waals surface area contributed by atoms with E-state index < -0.39 is 0 Å². The minimum atomic E-state index is -0.0742. The van der Waals surface area contributed by atoms with E-state index in [0.29, 0.717) is 42.8 Å². The largest absolute Gasteiger partial charge is 0.495 e. The van der Waals surface area contributed by atoms with Gasteiger partial charge in [0.05, 0.1) is 31.6 Å². The molecule has 3 heterocycles. The highest BCUT2D eigenvalue weighted by molar-refractivity contribution is 6.32. The van der Waals surface area contributed by atoms with Gasteiger partial charge in [0.1, 0.15) is 16.9 Å². The molecule has 0 spiro atoms. The van der Waals surface area contributed by atoms with Crippen LogP contribution in [0.3, 0.4) is 0 Å². The first-order chi connectivity index (χ1) is 14.2. The molecule has 1 aromatic carbocycles. The Morgan fingerprint density at radius 1 is 1.24 bits per heavy atom. The highest BCUT2D eigenvalue weighted by Gasteiger charge is 2.25. The number of aromatic nitrogens is 1. The van der Waals surface area contributed by atoms with Gasteiger partial charge in [-0.2, -0.15) is 0 Å². The van der Waals surface area contributed by atoms with Crippen LogP contribution in [0.5, 0.6) is 11.6 Å². The number of ether oxygens (including phenoxy) is 3. The Hall–Kier alpha value is -2.51. The number of carbonyl (C=O) groups excluding carboxylic acids is 1. The van der Waals surface area contributed by atoms with Crippen molar-refractivity contribution in [2.45, 2.75) is 12.5 Å². The first-order valence-electron chi connectivity index (χ1n) is 9.73. The fourth-order valence-corrected chi connectivity index (χ4v) is 3.83. The fraction of sp³-hybridized carbons (Fsp3) is 0.429. The Balaban J connectivity index is 1.38. The van der Waals surface area contributed by atoms with Crippen LogP contribution in [0.4, 0.5) is 5.69 Å². The first-order valence-corrected chi connectivity index (χ1v) is 10.1. The van der Waals surface area contributed by atoms with E-state index in [9.17, 15) is 4.79 Å². The number of rotatable bonds is 5. The summed E-state index contributed by atoms with van der Waals surface area (Å²) in [5, 5.41) is 0.343. The quantitative estimate of drug-likeness (QED) is 0.745. The summed E-state index contributed by atoms with van der Waals surface area (Å²) < 4.78 is 16.5. The van der Waals surface area contributed by atoms with Crippen molar-refractivity contribution >= 4 is 23.2 Å². The van der Waals surface area contributed by atoms with Crippen molar-refractivity contribution in [1.82, 2.24) is 9.88 Å². The van der Waals surface area contributed by atoms with Gasteiger partial charge in [0.15, 0.2) is 0 Å². The van der Waals surface area contributed by atoms with E-state index in [4.69, 9.17) is 25.8 Å². The minimum absolute atomic E-state index is 0.0374. The van der Waals surface area contributed by atoms with Crippen LogP contribution in [0.15, 0.2) is 36.5 Å². The second kappa shape index (κ2) is 8.88. The lowest BCUT2D eigenvalue weighted by Crippen LogP contribution is -2.48. The third-order valence-corrected chi connectivity index (χ3v) is 5.48. The van der Waals surface area contributed by atoms with Crippen LogP contribution in [0.2, 0.25) is 5.02 Å². The summed E-state index contributed by atoms with van der Waals surface area (Å²) in [4.78, 5) is 21.2. The van der Waals surface area contributed by atoms with Crippen molar-refractivity contribution < 1.29 is 19.0 Å². The lowest BCUT2D eigenvalue weighted by Gasteiger charge is -2.36. The van der Waals surface area contributed by atoms with Gasteiger partial charge in [-0.25, -0.2) is 4.98 Å². The lowest BCUT2D eigenvalue weighted by atomic mass is 10.2. The number of anilines is 1.